The van der Waals surface area contributed by atoms with Crippen LogP contribution >= 0.6 is 23.4 Å². The fourth-order valence-corrected chi connectivity index (χ4v) is 9.55. The molecule has 0 saturated carbocycles. The number of halogens is 1. The number of nitrogens with zero attached hydrogens (tertiary/aromatic N) is 3. The molecule has 0 aliphatic carbocycles. The number of carbonyl (C=O) groups excluding carboxylic acids is 3. The van der Waals surface area contributed by atoms with Crippen molar-refractivity contribution in [3.63, 3.8) is 0 Å². The van der Waals surface area contributed by atoms with Crippen molar-refractivity contribution >= 4 is 52.5 Å². The summed E-state index contributed by atoms with van der Waals surface area (Å²) >= 11 is 8.10. The van der Waals surface area contributed by atoms with Gasteiger partial charge in [0.2, 0.25) is 11.8 Å². The Balaban J connectivity index is 1.52. The van der Waals surface area contributed by atoms with E-state index in [1.807, 2.05) is 87.5 Å². The first-order valence-electron chi connectivity index (χ1n) is 14.1. The Bertz CT molecular complexity index is 1450. The summed E-state index contributed by atoms with van der Waals surface area (Å²) in [5, 5.41) is 11.0. The van der Waals surface area contributed by atoms with Crippen LogP contribution in [0.25, 0.3) is 0 Å². The second kappa shape index (κ2) is 10.3. The molecule has 0 radical (unpaired) electrons. The Morgan fingerprint density at radius 2 is 1.56 bits per heavy atom. The van der Waals surface area contributed by atoms with Crippen LogP contribution in [0.5, 0.6) is 0 Å². The van der Waals surface area contributed by atoms with Crippen LogP contribution in [0.4, 0.5) is 11.4 Å². The zero-order valence-electron chi connectivity index (χ0n) is 23.3. The molecular weight excluding hydrogens is 558 g/mol. The van der Waals surface area contributed by atoms with E-state index in [1.165, 1.54) is 11.8 Å². The van der Waals surface area contributed by atoms with Crippen molar-refractivity contribution in [1.29, 1.82) is 0 Å². The van der Waals surface area contributed by atoms with Crippen molar-refractivity contribution in [1.82, 2.24) is 4.90 Å². The molecule has 0 aromatic heterocycles. The van der Waals surface area contributed by atoms with Gasteiger partial charge in [-0.1, -0.05) is 80.1 Å². The number of amides is 3. The molecule has 3 amide bonds. The molecule has 1 N–H and O–H groups in total. The minimum absolute atomic E-state index is 0.115. The molecule has 1 spiro atoms. The maximum atomic E-state index is 14.7. The van der Waals surface area contributed by atoms with E-state index in [9.17, 15) is 19.5 Å². The van der Waals surface area contributed by atoms with Crippen LogP contribution < -0.4 is 9.80 Å². The summed E-state index contributed by atoms with van der Waals surface area (Å²) in [5.74, 6) is -2.27. The number of aliphatic hydroxyl groups excluding tert-OH is 1. The number of aliphatic hydroxyl groups is 1. The van der Waals surface area contributed by atoms with Crippen molar-refractivity contribution in [2.75, 3.05) is 29.5 Å². The number of fused-ring (bicyclic) bond motifs is 2. The SMILES string of the molecule is CC(C)[C@H](CO)N1C(=O)[C@@H]2[C@H]3C(=O)N(c4ccccc4)CC=C[C@@]3(C)S[C@@]23C=CCN(c2ccccc2Cl)C(=O)C13. The largest absolute Gasteiger partial charge is 0.394 e. The third-order valence-electron chi connectivity index (χ3n) is 9.02. The first-order valence-corrected chi connectivity index (χ1v) is 15.2. The van der Waals surface area contributed by atoms with Crippen molar-refractivity contribution in [3.8, 4) is 0 Å². The summed E-state index contributed by atoms with van der Waals surface area (Å²) in [5.41, 5.74) is 1.33. The third kappa shape index (κ3) is 4.17. The molecule has 2 fully saturated rings. The molecule has 4 aliphatic heterocycles. The summed E-state index contributed by atoms with van der Waals surface area (Å²) in [6, 6.07) is 15.2. The summed E-state index contributed by atoms with van der Waals surface area (Å²) in [6.07, 6.45) is 7.96. The summed E-state index contributed by atoms with van der Waals surface area (Å²) in [4.78, 5) is 48.8. The number of anilines is 2. The molecule has 6 rings (SSSR count). The lowest BCUT2D eigenvalue weighted by atomic mass is 9.74. The maximum absolute atomic E-state index is 14.7. The highest BCUT2D eigenvalue weighted by Gasteiger charge is 2.74. The van der Waals surface area contributed by atoms with Gasteiger partial charge in [-0.05, 0) is 37.1 Å². The van der Waals surface area contributed by atoms with Crippen molar-refractivity contribution < 1.29 is 19.5 Å². The molecule has 9 heteroatoms. The Kier molecular flexibility index (Phi) is 7.07. The van der Waals surface area contributed by atoms with E-state index in [4.69, 9.17) is 11.6 Å². The number of carbonyl (C=O) groups is 3. The predicted molar refractivity (Wildman–Crippen MR) is 163 cm³/mol. The zero-order valence-corrected chi connectivity index (χ0v) is 24.9. The molecule has 6 atom stereocenters. The quantitative estimate of drug-likeness (QED) is 0.516. The standard InChI is InChI=1S/C32H34ClN3O4S/c1-20(2)24(19-37)36-27-30(40)35(23-14-8-7-13-22(23)33)18-10-16-32(27)26(29(36)39)25-28(38)34(21-11-5-4-6-12-21)17-9-15-31(25,3)41-32/h4-16,20,24-27,37H,17-19H2,1-3H3/t24-,25-,26-,27?,31+,32-/m0/s1. The lowest BCUT2D eigenvalue weighted by Gasteiger charge is -2.41. The summed E-state index contributed by atoms with van der Waals surface area (Å²) < 4.78 is -1.73. The summed E-state index contributed by atoms with van der Waals surface area (Å²) in [7, 11) is 0. The van der Waals surface area contributed by atoms with E-state index < -0.39 is 33.4 Å². The van der Waals surface area contributed by atoms with Crippen molar-refractivity contribution in [3.05, 3.63) is 83.9 Å². The first-order chi connectivity index (χ1) is 19.6. The van der Waals surface area contributed by atoms with Gasteiger partial charge in [-0.25, -0.2) is 0 Å². The van der Waals surface area contributed by atoms with Crippen LogP contribution in [-0.2, 0) is 14.4 Å². The Morgan fingerprint density at radius 1 is 0.902 bits per heavy atom. The van der Waals surface area contributed by atoms with E-state index in [1.54, 1.807) is 26.8 Å². The minimum Gasteiger partial charge on any atom is -0.394 e. The van der Waals surface area contributed by atoms with E-state index in [2.05, 4.69) is 0 Å². The fourth-order valence-electron chi connectivity index (χ4n) is 7.17. The van der Waals surface area contributed by atoms with Gasteiger partial charge in [0.05, 0.1) is 39.9 Å². The highest BCUT2D eigenvalue weighted by molar-refractivity contribution is 8.02. The molecule has 41 heavy (non-hydrogen) atoms. The van der Waals surface area contributed by atoms with E-state index in [0.717, 1.165) is 5.69 Å². The van der Waals surface area contributed by atoms with Crippen LogP contribution in [0, 0.1) is 17.8 Å². The highest BCUT2D eigenvalue weighted by atomic mass is 35.5. The number of benzene rings is 2. The number of hydrogen-bond acceptors (Lipinski definition) is 5. The molecule has 1 unspecified atom stereocenters. The van der Waals surface area contributed by atoms with Crippen LogP contribution in [0.1, 0.15) is 20.8 Å². The molecule has 2 saturated heterocycles. The van der Waals surface area contributed by atoms with Crippen LogP contribution in [-0.4, -0.2) is 69.0 Å². The van der Waals surface area contributed by atoms with Gasteiger partial charge in [0.1, 0.15) is 6.04 Å². The molecule has 2 aromatic carbocycles. The Morgan fingerprint density at radius 3 is 2.24 bits per heavy atom. The van der Waals surface area contributed by atoms with Gasteiger partial charge >= 0.3 is 0 Å². The maximum Gasteiger partial charge on any atom is 0.251 e. The number of rotatable bonds is 5. The van der Waals surface area contributed by atoms with Gasteiger partial charge < -0.3 is 19.8 Å². The van der Waals surface area contributed by atoms with Crippen LogP contribution in [0.3, 0.4) is 0 Å². The Labute approximate surface area is 249 Å². The average Bonchev–Trinajstić information content (AvgIpc) is 3.21. The summed E-state index contributed by atoms with van der Waals surface area (Å²) in [6.45, 7) is 6.27. The lowest BCUT2D eigenvalue weighted by Crippen LogP contribution is -2.58. The van der Waals surface area contributed by atoms with E-state index in [0.29, 0.717) is 17.3 Å². The molecular formula is C32H34ClN3O4S. The van der Waals surface area contributed by atoms with Gasteiger partial charge in [-0.15, -0.1) is 11.8 Å². The number of thioether (sulfide) groups is 1. The molecule has 7 nitrogen and oxygen atoms in total. The number of para-hydroxylation sites is 2. The molecule has 214 valence electrons. The number of hydrogen-bond donors (Lipinski definition) is 1. The van der Waals surface area contributed by atoms with Gasteiger partial charge in [-0.2, -0.15) is 0 Å². The fraction of sp³-hybridized carbons (Fsp3) is 0.406. The van der Waals surface area contributed by atoms with E-state index in [-0.39, 0.29) is 36.8 Å². The smallest absolute Gasteiger partial charge is 0.251 e. The Hall–Kier alpha value is -3.07. The van der Waals surface area contributed by atoms with Crippen LogP contribution in [0.2, 0.25) is 5.02 Å². The van der Waals surface area contributed by atoms with Gasteiger partial charge in [0.15, 0.2) is 0 Å². The molecule has 0 bridgehead atoms. The first kappa shape index (κ1) is 28.1. The third-order valence-corrected chi connectivity index (χ3v) is 11.1. The van der Waals surface area contributed by atoms with E-state index >= 15 is 0 Å². The second-order valence-electron chi connectivity index (χ2n) is 11.7. The van der Waals surface area contributed by atoms with Crippen molar-refractivity contribution in [2.45, 2.75) is 42.3 Å². The normalized spacial score (nSPS) is 31.7. The molecule has 4 aliphatic rings. The minimum atomic E-state index is -1.01. The zero-order chi connectivity index (χ0) is 29.1. The van der Waals surface area contributed by atoms with Crippen molar-refractivity contribution in [2.24, 2.45) is 17.8 Å². The van der Waals surface area contributed by atoms with Gasteiger partial charge in [0.25, 0.3) is 5.91 Å². The molecule has 2 aromatic rings. The average molecular weight is 592 g/mol. The monoisotopic (exact) mass is 591 g/mol. The highest BCUT2D eigenvalue weighted by Crippen LogP contribution is 2.66. The molecule has 4 heterocycles. The van der Waals surface area contributed by atoms with Gasteiger partial charge in [-0.3, -0.25) is 14.4 Å². The lowest BCUT2D eigenvalue weighted by molar-refractivity contribution is -0.143. The topological polar surface area (TPSA) is 81.2 Å². The number of likely N-dealkylation sites (tertiary alicyclic amines) is 1. The van der Waals surface area contributed by atoms with Crippen LogP contribution in [0.15, 0.2) is 78.9 Å². The second-order valence-corrected chi connectivity index (χ2v) is 13.9. The predicted octanol–water partition coefficient (Wildman–Crippen LogP) is 4.55. The van der Waals surface area contributed by atoms with Gasteiger partial charge in [0, 0.05) is 23.5 Å².